The molecule has 1 aromatic rings. The highest BCUT2D eigenvalue weighted by molar-refractivity contribution is 6.32. The molecule has 1 aliphatic heterocycles. The summed E-state index contributed by atoms with van der Waals surface area (Å²) in [5.74, 6) is 0.614. The Balaban J connectivity index is 2.30. The molecule has 1 saturated heterocycles. The van der Waals surface area contributed by atoms with E-state index in [0.717, 1.165) is 25.1 Å². The number of hydrogen-bond donors (Lipinski definition) is 1. The summed E-state index contributed by atoms with van der Waals surface area (Å²) >= 11 is 6.06. The van der Waals surface area contributed by atoms with Gasteiger partial charge in [-0.2, -0.15) is 0 Å². The number of aliphatic hydroxyl groups is 1. The highest BCUT2D eigenvalue weighted by atomic mass is 35.5. The van der Waals surface area contributed by atoms with Crippen LogP contribution in [0.15, 0.2) is 18.2 Å². The summed E-state index contributed by atoms with van der Waals surface area (Å²) in [5.41, 5.74) is 0.623. The molecule has 2 unspecified atom stereocenters. The lowest BCUT2D eigenvalue weighted by molar-refractivity contribution is -0.0140. The van der Waals surface area contributed by atoms with Crippen molar-refractivity contribution in [3.05, 3.63) is 28.8 Å². The summed E-state index contributed by atoms with van der Waals surface area (Å²) in [7, 11) is 1.59. The van der Waals surface area contributed by atoms with Crippen LogP contribution < -0.4 is 4.74 Å². The molecule has 1 aliphatic rings. The summed E-state index contributed by atoms with van der Waals surface area (Å²) in [4.78, 5) is 2.40. The van der Waals surface area contributed by atoms with Gasteiger partial charge in [-0.3, -0.25) is 4.90 Å². The maximum absolute atomic E-state index is 10.9. The van der Waals surface area contributed by atoms with Crippen molar-refractivity contribution >= 4 is 11.6 Å². The van der Waals surface area contributed by atoms with Gasteiger partial charge < -0.3 is 9.84 Å². The third-order valence-corrected chi connectivity index (χ3v) is 4.94. The first kappa shape index (κ1) is 15.6. The molecular weight excluding hydrogens is 274 g/mol. The average molecular weight is 298 g/mol. The molecule has 2 rings (SSSR count). The number of hydrogen-bond acceptors (Lipinski definition) is 3. The van der Waals surface area contributed by atoms with E-state index in [4.69, 9.17) is 16.3 Å². The van der Waals surface area contributed by atoms with Crippen LogP contribution in [0.4, 0.5) is 0 Å². The van der Waals surface area contributed by atoms with Gasteiger partial charge in [0.05, 0.1) is 18.2 Å². The molecule has 0 bridgehead atoms. The zero-order valence-electron chi connectivity index (χ0n) is 12.5. The van der Waals surface area contributed by atoms with E-state index in [9.17, 15) is 5.11 Å². The van der Waals surface area contributed by atoms with Gasteiger partial charge >= 0.3 is 0 Å². The van der Waals surface area contributed by atoms with Crippen LogP contribution in [-0.4, -0.2) is 35.7 Å². The second kappa shape index (κ2) is 6.33. The Morgan fingerprint density at radius 3 is 2.60 bits per heavy atom. The quantitative estimate of drug-likeness (QED) is 0.900. The fraction of sp³-hybridized carbons (Fsp3) is 0.625. The van der Waals surface area contributed by atoms with Crippen molar-refractivity contribution in [3.63, 3.8) is 0 Å². The van der Waals surface area contributed by atoms with Gasteiger partial charge in [-0.25, -0.2) is 0 Å². The van der Waals surface area contributed by atoms with Crippen molar-refractivity contribution in [1.82, 2.24) is 4.90 Å². The average Bonchev–Trinajstić information content (AvgIpc) is 3.01. The zero-order chi connectivity index (χ0) is 14.8. The molecule has 1 N–H and O–H groups in total. The number of halogens is 1. The summed E-state index contributed by atoms with van der Waals surface area (Å²) in [6.45, 7) is 6.40. The third-order valence-electron chi connectivity index (χ3n) is 4.62. The lowest BCUT2D eigenvalue weighted by Gasteiger charge is -2.42. The molecule has 0 saturated carbocycles. The fourth-order valence-corrected chi connectivity index (χ4v) is 3.22. The van der Waals surface area contributed by atoms with Crippen LogP contribution in [0.5, 0.6) is 5.75 Å². The Morgan fingerprint density at radius 2 is 2.05 bits per heavy atom. The van der Waals surface area contributed by atoms with Gasteiger partial charge in [0.15, 0.2) is 0 Å². The van der Waals surface area contributed by atoms with E-state index >= 15 is 0 Å². The van der Waals surface area contributed by atoms with E-state index < -0.39 is 6.10 Å². The van der Waals surface area contributed by atoms with Gasteiger partial charge in [0.1, 0.15) is 5.75 Å². The molecule has 0 radical (unpaired) electrons. The Morgan fingerprint density at radius 1 is 1.40 bits per heavy atom. The predicted octanol–water partition coefficient (Wildman–Crippen LogP) is 3.65. The van der Waals surface area contributed by atoms with Crippen LogP contribution in [0.1, 0.15) is 44.8 Å². The summed E-state index contributed by atoms with van der Waals surface area (Å²) in [5, 5.41) is 11.4. The molecule has 112 valence electrons. The van der Waals surface area contributed by atoms with Crippen LogP contribution in [0.25, 0.3) is 0 Å². The number of aliphatic hydroxyl groups excluding tert-OH is 1. The molecule has 2 atom stereocenters. The van der Waals surface area contributed by atoms with Gasteiger partial charge in [0.25, 0.3) is 0 Å². The zero-order valence-corrected chi connectivity index (χ0v) is 13.3. The second-order valence-electron chi connectivity index (χ2n) is 5.70. The number of likely N-dealkylation sites (tertiary alicyclic amines) is 1. The number of ether oxygens (including phenoxy) is 1. The summed E-state index contributed by atoms with van der Waals surface area (Å²) in [6, 6.07) is 5.52. The standard InChI is InChI=1S/C16H24ClNO2/c1-4-16(2,18-9-5-6-10-18)15(19)12-7-8-13(17)14(11-12)20-3/h7-8,11,15,19H,4-6,9-10H2,1-3H3. The second-order valence-corrected chi connectivity index (χ2v) is 6.11. The van der Waals surface area contributed by atoms with Crippen molar-refractivity contribution in [2.45, 2.75) is 44.8 Å². The van der Waals surface area contributed by atoms with E-state index in [1.54, 1.807) is 13.2 Å². The Bertz CT molecular complexity index is 460. The molecule has 1 fully saturated rings. The van der Waals surface area contributed by atoms with Crippen molar-refractivity contribution in [2.24, 2.45) is 0 Å². The maximum atomic E-state index is 10.9. The molecule has 0 spiro atoms. The minimum Gasteiger partial charge on any atom is -0.495 e. The normalized spacial score (nSPS) is 20.6. The number of nitrogens with zero attached hydrogens (tertiary/aromatic N) is 1. The number of rotatable bonds is 5. The van der Waals surface area contributed by atoms with Crippen LogP contribution in [0, 0.1) is 0 Å². The Kier molecular flexibility index (Phi) is 4.95. The van der Waals surface area contributed by atoms with Crippen molar-refractivity contribution in [3.8, 4) is 5.75 Å². The SMILES string of the molecule is CCC(C)(C(O)c1ccc(Cl)c(OC)c1)N1CCCC1. The largest absolute Gasteiger partial charge is 0.495 e. The number of methoxy groups -OCH3 is 1. The molecule has 0 aliphatic carbocycles. The molecule has 1 aromatic carbocycles. The molecular formula is C16H24ClNO2. The van der Waals surface area contributed by atoms with Crippen LogP contribution >= 0.6 is 11.6 Å². The molecule has 3 nitrogen and oxygen atoms in total. The van der Waals surface area contributed by atoms with Gasteiger partial charge in [0.2, 0.25) is 0 Å². The highest BCUT2D eigenvalue weighted by Gasteiger charge is 2.39. The van der Waals surface area contributed by atoms with E-state index in [2.05, 4.69) is 18.7 Å². The Hall–Kier alpha value is -0.770. The molecule has 1 heterocycles. The maximum Gasteiger partial charge on any atom is 0.137 e. The molecule has 0 amide bonds. The first-order valence-corrected chi connectivity index (χ1v) is 7.67. The van der Waals surface area contributed by atoms with Crippen LogP contribution in [0.3, 0.4) is 0 Å². The van der Waals surface area contributed by atoms with Gasteiger partial charge in [-0.15, -0.1) is 0 Å². The summed E-state index contributed by atoms with van der Waals surface area (Å²) in [6.07, 6.45) is 2.79. The summed E-state index contributed by atoms with van der Waals surface area (Å²) < 4.78 is 5.25. The Labute approximate surface area is 126 Å². The monoisotopic (exact) mass is 297 g/mol. The first-order valence-electron chi connectivity index (χ1n) is 7.29. The van der Waals surface area contributed by atoms with Gasteiger partial charge in [-0.1, -0.05) is 24.6 Å². The van der Waals surface area contributed by atoms with Crippen molar-refractivity contribution < 1.29 is 9.84 Å². The van der Waals surface area contributed by atoms with Crippen molar-refractivity contribution in [2.75, 3.05) is 20.2 Å². The fourth-order valence-electron chi connectivity index (χ4n) is 3.02. The minimum absolute atomic E-state index is 0.241. The number of benzene rings is 1. The predicted molar refractivity (Wildman–Crippen MR) is 82.5 cm³/mol. The molecule has 20 heavy (non-hydrogen) atoms. The topological polar surface area (TPSA) is 32.7 Å². The smallest absolute Gasteiger partial charge is 0.137 e. The first-order chi connectivity index (χ1) is 9.52. The minimum atomic E-state index is -0.545. The van der Waals surface area contributed by atoms with E-state index in [1.807, 2.05) is 12.1 Å². The highest BCUT2D eigenvalue weighted by Crippen LogP contribution is 2.38. The molecule has 0 aromatic heterocycles. The van der Waals surface area contributed by atoms with E-state index in [-0.39, 0.29) is 5.54 Å². The van der Waals surface area contributed by atoms with E-state index in [0.29, 0.717) is 10.8 Å². The van der Waals surface area contributed by atoms with Crippen LogP contribution in [0.2, 0.25) is 5.02 Å². The van der Waals surface area contributed by atoms with Gasteiger partial charge in [-0.05, 0) is 57.0 Å². The lowest BCUT2D eigenvalue weighted by atomic mass is 9.85. The van der Waals surface area contributed by atoms with Crippen molar-refractivity contribution in [1.29, 1.82) is 0 Å². The van der Waals surface area contributed by atoms with Gasteiger partial charge in [0, 0.05) is 5.54 Å². The molecule has 4 heteroatoms. The third kappa shape index (κ3) is 2.80. The van der Waals surface area contributed by atoms with Crippen LogP contribution in [-0.2, 0) is 0 Å². The van der Waals surface area contributed by atoms with E-state index in [1.165, 1.54) is 12.8 Å². The lowest BCUT2D eigenvalue weighted by Crippen LogP contribution is -2.48.